The molecule has 0 bridgehead atoms. The average Bonchev–Trinajstić information content (AvgIpc) is 3.63. The van der Waals surface area contributed by atoms with Crippen LogP contribution in [0.4, 0.5) is 5.69 Å². The lowest BCUT2D eigenvalue weighted by atomic mass is 9.92. The van der Waals surface area contributed by atoms with Gasteiger partial charge in [0.1, 0.15) is 5.01 Å². The Balaban J connectivity index is 1.21. The number of rotatable bonds is 5. The van der Waals surface area contributed by atoms with Gasteiger partial charge in [-0.2, -0.15) is 4.31 Å². The molecule has 0 unspecified atom stereocenters. The van der Waals surface area contributed by atoms with E-state index in [4.69, 9.17) is 9.47 Å². The van der Waals surface area contributed by atoms with E-state index in [9.17, 15) is 13.2 Å². The number of benzene rings is 2. The van der Waals surface area contributed by atoms with Crippen molar-refractivity contribution in [2.45, 2.75) is 49.5 Å². The third-order valence-electron chi connectivity index (χ3n) is 6.68. The van der Waals surface area contributed by atoms with Gasteiger partial charge in [-0.15, -0.1) is 10.2 Å². The molecule has 3 aromatic rings. The van der Waals surface area contributed by atoms with Crippen LogP contribution in [0.2, 0.25) is 0 Å². The van der Waals surface area contributed by atoms with Gasteiger partial charge < -0.3 is 14.8 Å². The summed E-state index contributed by atoms with van der Waals surface area (Å²) in [5.41, 5.74) is 2.93. The number of fused-ring (bicyclic) bond motifs is 2. The van der Waals surface area contributed by atoms with E-state index in [-0.39, 0.29) is 11.8 Å². The molecule has 1 saturated heterocycles. The number of amides is 1. The molecule has 3 heterocycles. The number of hydrogen-bond donors (Lipinski definition) is 1. The summed E-state index contributed by atoms with van der Waals surface area (Å²) in [5, 5.41) is 11.8. The molecular formula is C24H24N4O5S2. The van der Waals surface area contributed by atoms with Gasteiger partial charge in [-0.1, -0.05) is 17.4 Å². The zero-order chi connectivity index (χ0) is 24.0. The lowest BCUT2D eigenvalue weighted by Gasteiger charge is -2.23. The second-order valence-electron chi connectivity index (χ2n) is 8.88. The molecule has 1 N–H and O–H groups in total. The molecule has 2 aromatic carbocycles. The first-order chi connectivity index (χ1) is 17.0. The van der Waals surface area contributed by atoms with Crippen molar-refractivity contribution in [3.63, 3.8) is 0 Å². The first kappa shape index (κ1) is 22.4. The summed E-state index contributed by atoms with van der Waals surface area (Å²) >= 11 is 1.12. The van der Waals surface area contributed by atoms with Crippen LogP contribution in [0.3, 0.4) is 0 Å². The highest BCUT2D eigenvalue weighted by Gasteiger charge is 2.38. The number of carbonyl (C=O) groups excluding carboxylic acids is 1. The Bertz CT molecular complexity index is 1400. The highest BCUT2D eigenvalue weighted by Crippen LogP contribution is 2.39. The molecule has 2 aliphatic heterocycles. The molecule has 1 fully saturated rings. The Morgan fingerprint density at radius 1 is 1.00 bits per heavy atom. The third kappa shape index (κ3) is 4.17. The van der Waals surface area contributed by atoms with E-state index in [0.717, 1.165) is 49.0 Å². The van der Waals surface area contributed by atoms with Gasteiger partial charge in [0.15, 0.2) is 11.5 Å². The zero-order valence-electron chi connectivity index (χ0n) is 18.9. The molecule has 0 spiro atoms. The molecule has 11 heteroatoms. The number of sulfonamides is 1. The van der Waals surface area contributed by atoms with Crippen LogP contribution in [0.15, 0.2) is 41.3 Å². The molecule has 9 nitrogen and oxygen atoms in total. The first-order valence-corrected chi connectivity index (χ1v) is 13.9. The number of nitrogens with one attached hydrogen (secondary N) is 1. The van der Waals surface area contributed by atoms with E-state index >= 15 is 0 Å². The average molecular weight is 513 g/mol. The first-order valence-electron chi connectivity index (χ1n) is 11.7. The topological polar surface area (TPSA) is 111 Å². The number of aromatic nitrogens is 2. The van der Waals surface area contributed by atoms with Crippen LogP contribution in [0.25, 0.3) is 0 Å². The van der Waals surface area contributed by atoms with Gasteiger partial charge >= 0.3 is 0 Å². The summed E-state index contributed by atoms with van der Waals surface area (Å²) in [5.74, 6) is 0.784. The van der Waals surface area contributed by atoms with Crippen LogP contribution < -0.4 is 14.8 Å². The summed E-state index contributed by atoms with van der Waals surface area (Å²) in [6, 6.07) is 10.2. The van der Waals surface area contributed by atoms with E-state index in [1.54, 1.807) is 24.3 Å². The largest absolute Gasteiger partial charge is 0.454 e. The molecule has 3 aliphatic rings. The minimum absolute atomic E-state index is 0.152. The smallest absolute Gasteiger partial charge is 0.286 e. The molecule has 1 amide bonds. The number of carbonyl (C=O) groups is 1. The predicted molar refractivity (Wildman–Crippen MR) is 129 cm³/mol. The maximum atomic E-state index is 13.6. The van der Waals surface area contributed by atoms with Crippen molar-refractivity contribution in [3.05, 3.63) is 57.5 Å². The van der Waals surface area contributed by atoms with Crippen molar-refractivity contribution < 1.29 is 22.7 Å². The molecule has 1 aromatic heterocycles. The Morgan fingerprint density at radius 3 is 2.71 bits per heavy atom. The molecular weight excluding hydrogens is 488 g/mol. The minimum Gasteiger partial charge on any atom is -0.454 e. The van der Waals surface area contributed by atoms with Gasteiger partial charge in [0.25, 0.3) is 5.91 Å². The maximum absolute atomic E-state index is 13.6. The summed E-state index contributed by atoms with van der Waals surface area (Å²) in [6.45, 7) is 0.571. The maximum Gasteiger partial charge on any atom is 0.286 e. The summed E-state index contributed by atoms with van der Waals surface area (Å²) in [4.78, 5) is 13.1. The zero-order valence-corrected chi connectivity index (χ0v) is 20.5. The quantitative estimate of drug-likeness (QED) is 0.552. The van der Waals surface area contributed by atoms with Crippen LogP contribution in [-0.2, 0) is 22.9 Å². The van der Waals surface area contributed by atoms with E-state index in [1.165, 1.54) is 9.87 Å². The molecule has 182 valence electrons. The van der Waals surface area contributed by atoms with Crippen LogP contribution in [0, 0.1) is 0 Å². The Labute approximate surface area is 207 Å². The van der Waals surface area contributed by atoms with Crippen molar-refractivity contribution >= 4 is 33.0 Å². The third-order valence-corrected chi connectivity index (χ3v) is 9.61. The SMILES string of the molecule is O=C(Nc1ccc2c(c1)OCO2)c1nnc([C@@H]2CCCN2S(=O)(=O)c2ccc3c(c2)CCCC3)s1. The number of ether oxygens (including phenoxy) is 2. The van der Waals surface area contributed by atoms with Crippen LogP contribution in [0.1, 0.15) is 57.7 Å². The van der Waals surface area contributed by atoms with E-state index < -0.39 is 22.0 Å². The van der Waals surface area contributed by atoms with Gasteiger partial charge in [0, 0.05) is 18.3 Å². The Hall–Kier alpha value is -3.02. The van der Waals surface area contributed by atoms with Crippen LogP contribution >= 0.6 is 11.3 Å². The molecule has 1 aliphatic carbocycles. The number of nitrogens with zero attached hydrogens (tertiary/aromatic N) is 3. The second kappa shape index (κ2) is 8.89. The molecule has 1 atom stereocenters. The number of hydrogen-bond acceptors (Lipinski definition) is 8. The van der Waals surface area contributed by atoms with E-state index in [1.807, 2.05) is 12.1 Å². The molecule has 0 radical (unpaired) electrons. The highest BCUT2D eigenvalue weighted by molar-refractivity contribution is 7.89. The van der Waals surface area contributed by atoms with E-state index in [2.05, 4.69) is 15.5 Å². The second-order valence-corrected chi connectivity index (χ2v) is 11.8. The van der Waals surface area contributed by atoms with Crippen molar-refractivity contribution in [2.75, 3.05) is 18.7 Å². The van der Waals surface area contributed by atoms with Gasteiger partial charge in [-0.25, -0.2) is 8.42 Å². The fourth-order valence-electron chi connectivity index (χ4n) is 4.90. The summed E-state index contributed by atoms with van der Waals surface area (Å²) in [7, 11) is -3.69. The van der Waals surface area contributed by atoms with Gasteiger partial charge in [0.05, 0.1) is 10.9 Å². The number of aryl methyl sites for hydroxylation is 2. The summed E-state index contributed by atoms with van der Waals surface area (Å²) in [6.07, 6.45) is 5.53. The van der Waals surface area contributed by atoms with Crippen molar-refractivity contribution in [3.8, 4) is 11.5 Å². The summed E-state index contributed by atoms with van der Waals surface area (Å²) < 4.78 is 39.3. The standard InChI is InChI=1S/C24H24N4O5S2/c29-22(25-17-8-10-20-21(13-17)33-14-32-20)24-27-26-23(34-24)19-6-3-11-28(19)35(30,31)18-9-7-15-4-1-2-5-16(15)12-18/h7-10,12-13,19H,1-6,11,14H2,(H,25,29)/t19-/m0/s1. The predicted octanol–water partition coefficient (Wildman–Crippen LogP) is 3.92. The van der Waals surface area contributed by atoms with Gasteiger partial charge in [-0.05, 0) is 73.9 Å². The lowest BCUT2D eigenvalue weighted by molar-refractivity contribution is 0.102. The van der Waals surface area contributed by atoms with Gasteiger partial charge in [-0.3, -0.25) is 4.79 Å². The highest BCUT2D eigenvalue weighted by atomic mass is 32.2. The van der Waals surface area contributed by atoms with Crippen LogP contribution in [-0.4, -0.2) is 42.2 Å². The molecule has 0 saturated carbocycles. The monoisotopic (exact) mass is 512 g/mol. The minimum atomic E-state index is -3.69. The normalized spacial score (nSPS) is 19.5. The lowest BCUT2D eigenvalue weighted by Crippen LogP contribution is -2.30. The van der Waals surface area contributed by atoms with Crippen molar-refractivity contribution in [1.82, 2.24) is 14.5 Å². The number of anilines is 1. The van der Waals surface area contributed by atoms with E-state index in [0.29, 0.717) is 40.1 Å². The molecule has 35 heavy (non-hydrogen) atoms. The fraction of sp³-hybridized carbons (Fsp3) is 0.375. The van der Waals surface area contributed by atoms with Crippen LogP contribution in [0.5, 0.6) is 11.5 Å². The van der Waals surface area contributed by atoms with Gasteiger partial charge in [0.2, 0.25) is 21.8 Å². The molecule has 6 rings (SSSR count). The van der Waals surface area contributed by atoms with Crippen molar-refractivity contribution in [1.29, 1.82) is 0 Å². The Kier molecular flexibility index (Phi) is 5.70. The Morgan fingerprint density at radius 2 is 1.83 bits per heavy atom. The van der Waals surface area contributed by atoms with Crippen molar-refractivity contribution in [2.24, 2.45) is 0 Å². The fourth-order valence-corrected chi connectivity index (χ4v) is 7.56.